The Hall–Kier alpha value is -0.570. The number of halogens is 1. The van der Waals surface area contributed by atoms with Crippen molar-refractivity contribution < 1.29 is 0 Å². The molecule has 2 heterocycles. The van der Waals surface area contributed by atoms with E-state index < -0.39 is 0 Å². The van der Waals surface area contributed by atoms with Crippen molar-refractivity contribution in [2.45, 2.75) is 70.1 Å². The van der Waals surface area contributed by atoms with Gasteiger partial charge in [0.2, 0.25) is 0 Å². The first-order chi connectivity index (χ1) is 10.2. The van der Waals surface area contributed by atoms with Gasteiger partial charge in [-0.15, -0.1) is 0 Å². The van der Waals surface area contributed by atoms with E-state index in [4.69, 9.17) is 11.6 Å². The van der Waals surface area contributed by atoms with Crippen LogP contribution >= 0.6 is 11.6 Å². The maximum atomic E-state index is 6.02. The van der Waals surface area contributed by atoms with Crippen LogP contribution in [0.1, 0.15) is 57.6 Å². The number of piperidine rings is 1. The molecule has 0 aliphatic carbocycles. The summed E-state index contributed by atoms with van der Waals surface area (Å²) in [6.45, 7) is 5.77. The molecule has 3 heteroatoms. The summed E-state index contributed by atoms with van der Waals surface area (Å²) < 4.78 is 0. The number of hydrogen-bond donors (Lipinski definition) is 1. The molecule has 3 rings (SSSR count). The van der Waals surface area contributed by atoms with Crippen LogP contribution in [0, 0.1) is 0 Å². The summed E-state index contributed by atoms with van der Waals surface area (Å²) in [5, 5.41) is 4.56. The Morgan fingerprint density at radius 3 is 2.38 bits per heavy atom. The average Bonchev–Trinajstić information content (AvgIpc) is 2.76. The molecule has 1 aromatic carbocycles. The van der Waals surface area contributed by atoms with Crippen LogP contribution in [-0.2, 0) is 0 Å². The van der Waals surface area contributed by atoms with Crippen molar-refractivity contribution in [1.29, 1.82) is 0 Å². The second-order valence-corrected chi connectivity index (χ2v) is 7.12. The molecule has 2 fully saturated rings. The highest BCUT2D eigenvalue weighted by molar-refractivity contribution is 6.30. The second kappa shape index (κ2) is 6.68. The molecule has 2 aliphatic heterocycles. The lowest BCUT2D eigenvalue weighted by atomic mass is 9.93. The minimum absolute atomic E-state index is 0.506. The zero-order chi connectivity index (χ0) is 14.8. The molecule has 0 spiro atoms. The third-order valence-corrected chi connectivity index (χ3v) is 5.52. The van der Waals surface area contributed by atoms with Gasteiger partial charge in [-0.25, -0.2) is 0 Å². The molecular formula is C18H27ClN2. The van der Waals surface area contributed by atoms with Crippen LogP contribution in [0.5, 0.6) is 0 Å². The minimum atomic E-state index is 0.506. The van der Waals surface area contributed by atoms with E-state index >= 15 is 0 Å². The normalized spacial score (nSPS) is 30.5. The standard InChI is InChI=1S/C18H27ClN2/c1-3-10-20-16-11-17-8-9-18(12-16)21(17)13(2)14-4-6-15(19)7-5-14/h4-7,13,16-18,20H,3,8-12H2,1-2H3. The van der Waals surface area contributed by atoms with E-state index in [0.717, 1.165) is 29.7 Å². The third kappa shape index (κ3) is 3.28. The Morgan fingerprint density at radius 2 is 1.81 bits per heavy atom. The summed E-state index contributed by atoms with van der Waals surface area (Å²) in [6.07, 6.45) is 6.60. The highest BCUT2D eigenvalue weighted by Crippen LogP contribution is 2.41. The maximum absolute atomic E-state index is 6.02. The zero-order valence-corrected chi connectivity index (χ0v) is 13.9. The molecule has 0 saturated carbocycles. The largest absolute Gasteiger partial charge is 0.314 e. The monoisotopic (exact) mass is 306 g/mol. The van der Waals surface area contributed by atoms with Crippen molar-refractivity contribution in [2.75, 3.05) is 6.54 Å². The molecule has 2 aliphatic rings. The van der Waals surface area contributed by atoms with E-state index in [1.807, 2.05) is 12.1 Å². The molecule has 2 nitrogen and oxygen atoms in total. The lowest BCUT2D eigenvalue weighted by molar-refractivity contribution is 0.0771. The Bertz CT molecular complexity index is 445. The van der Waals surface area contributed by atoms with Gasteiger partial charge in [0.1, 0.15) is 0 Å². The molecule has 3 unspecified atom stereocenters. The number of hydrogen-bond acceptors (Lipinski definition) is 2. The molecule has 3 atom stereocenters. The lowest BCUT2D eigenvalue weighted by Crippen LogP contribution is -2.49. The number of nitrogens with one attached hydrogen (secondary N) is 1. The van der Waals surface area contributed by atoms with Crippen LogP contribution in [0.15, 0.2) is 24.3 Å². The number of benzene rings is 1. The van der Waals surface area contributed by atoms with Gasteiger partial charge >= 0.3 is 0 Å². The lowest BCUT2D eigenvalue weighted by Gasteiger charge is -2.43. The van der Waals surface area contributed by atoms with Gasteiger partial charge in [0, 0.05) is 29.2 Å². The van der Waals surface area contributed by atoms with E-state index in [2.05, 4.69) is 36.2 Å². The summed E-state index contributed by atoms with van der Waals surface area (Å²) in [7, 11) is 0. The maximum Gasteiger partial charge on any atom is 0.0406 e. The van der Waals surface area contributed by atoms with Crippen molar-refractivity contribution in [3.8, 4) is 0 Å². The van der Waals surface area contributed by atoms with Gasteiger partial charge in [-0.2, -0.15) is 0 Å². The highest BCUT2D eigenvalue weighted by Gasteiger charge is 2.42. The Morgan fingerprint density at radius 1 is 1.19 bits per heavy atom. The molecule has 0 radical (unpaired) electrons. The summed E-state index contributed by atoms with van der Waals surface area (Å²) in [4.78, 5) is 2.77. The highest BCUT2D eigenvalue weighted by atomic mass is 35.5. The summed E-state index contributed by atoms with van der Waals surface area (Å²) >= 11 is 6.02. The number of rotatable bonds is 5. The summed E-state index contributed by atoms with van der Waals surface area (Å²) in [5.41, 5.74) is 1.40. The molecule has 2 saturated heterocycles. The topological polar surface area (TPSA) is 15.3 Å². The molecule has 21 heavy (non-hydrogen) atoms. The van der Waals surface area contributed by atoms with E-state index in [9.17, 15) is 0 Å². The Labute approximate surface area is 133 Å². The predicted molar refractivity (Wildman–Crippen MR) is 89.8 cm³/mol. The van der Waals surface area contributed by atoms with E-state index in [1.165, 1.54) is 37.7 Å². The molecule has 0 amide bonds. The van der Waals surface area contributed by atoms with Crippen LogP contribution in [0.2, 0.25) is 5.02 Å². The van der Waals surface area contributed by atoms with Crippen molar-refractivity contribution in [3.63, 3.8) is 0 Å². The zero-order valence-electron chi connectivity index (χ0n) is 13.2. The first-order valence-electron chi connectivity index (χ1n) is 8.45. The van der Waals surface area contributed by atoms with Crippen LogP contribution in [-0.4, -0.2) is 29.6 Å². The second-order valence-electron chi connectivity index (χ2n) is 6.68. The fourth-order valence-electron chi connectivity index (χ4n) is 4.27. The molecule has 2 bridgehead atoms. The Kier molecular flexibility index (Phi) is 4.88. The van der Waals surface area contributed by atoms with Crippen molar-refractivity contribution >= 4 is 11.6 Å². The van der Waals surface area contributed by atoms with Gasteiger partial charge in [0.25, 0.3) is 0 Å². The third-order valence-electron chi connectivity index (χ3n) is 5.27. The Balaban J connectivity index is 1.68. The van der Waals surface area contributed by atoms with Gasteiger partial charge in [0.15, 0.2) is 0 Å². The van der Waals surface area contributed by atoms with Crippen LogP contribution in [0.4, 0.5) is 0 Å². The van der Waals surface area contributed by atoms with Crippen LogP contribution in [0.3, 0.4) is 0 Å². The van der Waals surface area contributed by atoms with E-state index in [1.54, 1.807) is 0 Å². The fourth-order valence-corrected chi connectivity index (χ4v) is 4.40. The first kappa shape index (κ1) is 15.3. The van der Waals surface area contributed by atoms with Crippen LogP contribution in [0.25, 0.3) is 0 Å². The van der Waals surface area contributed by atoms with Gasteiger partial charge in [-0.05, 0) is 63.3 Å². The molecule has 116 valence electrons. The number of nitrogens with zero attached hydrogens (tertiary/aromatic N) is 1. The molecule has 1 aromatic rings. The fraction of sp³-hybridized carbons (Fsp3) is 0.667. The van der Waals surface area contributed by atoms with Gasteiger partial charge in [0.05, 0.1) is 0 Å². The van der Waals surface area contributed by atoms with E-state index in [0.29, 0.717) is 6.04 Å². The van der Waals surface area contributed by atoms with Gasteiger partial charge in [-0.3, -0.25) is 4.90 Å². The molecule has 0 aromatic heterocycles. The van der Waals surface area contributed by atoms with Crippen molar-refractivity contribution in [1.82, 2.24) is 10.2 Å². The summed E-state index contributed by atoms with van der Waals surface area (Å²) in [5.74, 6) is 0. The molecular weight excluding hydrogens is 280 g/mol. The minimum Gasteiger partial charge on any atom is -0.314 e. The van der Waals surface area contributed by atoms with E-state index in [-0.39, 0.29) is 0 Å². The summed E-state index contributed by atoms with van der Waals surface area (Å²) in [6, 6.07) is 11.2. The smallest absolute Gasteiger partial charge is 0.0406 e. The molecule has 1 N–H and O–H groups in total. The van der Waals surface area contributed by atoms with Crippen molar-refractivity contribution in [2.24, 2.45) is 0 Å². The van der Waals surface area contributed by atoms with Crippen LogP contribution < -0.4 is 5.32 Å². The average molecular weight is 307 g/mol. The van der Waals surface area contributed by atoms with Gasteiger partial charge in [-0.1, -0.05) is 30.7 Å². The number of fused-ring (bicyclic) bond motifs is 2. The predicted octanol–water partition coefficient (Wildman–Crippen LogP) is 4.40. The SMILES string of the molecule is CCCNC1CC2CCC(C1)N2C(C)c1ccc(Cl)cc1. The van der Waals surface area contributed by atoms with Crippen molar-refractivity contribution in [3.05, 3.63) is 34.9 Å². The quantitative estimate of drug-likeness (QED) is 0.867. The first-order valence-corrected chi connectivity index (χ1v) is 8.83. The van der Waals surface area contributed by atoms with Gasteiger partial charge < -0.3 is 5.32 Å².